The lowest BCUT2D eigenvalue weighted by Crippen LogP contribution is -2.45. The number of nitrogens with zero attached hydrogens (tertiary/aromatic N) is 5. The fraction of sp³-hybridized carbons (Fsp3) is 0.346. The highest BCUT2D eigenvalue weighted by atomic mass is 35.5. The number of piperazine rings is 1. The third kappa shape index (κ3) is 6.49. The Labute approximate surface area is 239 Å². The second-order valence-electron chi connectivity index (χ2n) is 9.33. The van der Waals surface area contributed by atoms with Crippen molar-refractivity contribution in [1.29, 1.82) is 0 Å². The number of anilines is 6. The summed E-state index contributed by atoms with van der Waals surface area (Å²) in [6.07, 6.45) is 2.55. The number of sulfonamides is 1. The van der Waals surface area contributed by atoms with E-state index in [-0.39, 0.29) is 22.7 Å². The molecule has 214 valence electrons. The van der Waals surface area contributed by atoms with Gasteiger partial charge in [-0.1, -0.05) is 23.7 Å². The van der Waals surface area contributed by atoms with Crippen LogP contribution in [0.5, 0.6) is 5.75 Å². The summed E-state index contributed by atoms with van der Waals surface area (Å²) in [6, 6.07) is 10.4. The van der Waals surface area contributed by atoms with Crippen molar-refractivity contribution >= 4 is 62.0 Å². The van der Waals surface area contributed by atoms with Gasteiger partial charge in [-0.3, -0.25) is 9.10 Å². The number of carbonyl (C=O) groups is 1. The number of amides is 1. The van der Waals surface area contributed by atoms with E-state index in [1.54, 1.807) is 44.5 Å². The summed E-state index contributed by atoms with van der Waals surface area (Å²) in [5, 5.41) is 9.19. The van der Waals surface area contributed by atoms with Crippen molar-refractivity contribution in [3.05, 3.63) is 53.2 Å². The Morgan fingerprint density at radius 2 is 1.80 bits per heavy atom. The average Bonchev–Trinajstić information content (AvgIpc) is 2.94. The van der Waals surface area contributed by atoms with E-state index in [0.717, 1.165) is 42.4 Å². The van der Waals surface area contributed by atoms with Gasteiger partial charge in [-0.25, -0.2) is 13.4 Å². The molecule has 12 nitrogen and oxygen atoms in total. The molecule has 1 fully saturated rings. The highest BCUT2D eigenvalue weighted by Gasteiger charge is 2.23. The Kier molecular flexibility index (Phi) is 8.86. The van der Waals surface area contributed by atoms with E-state index in [1.807, 2.05) is 6.07 Å². The Hall–Kier alpha value is -3.81. The zero-order chi connectivity index (χ0) is 29.0. The fourth-order valence-electron chi connectivity index (χ4n) is 4.26. The minimum atomic E-state index is -3.50. The second-order valence-corrected chi connectivity index (χ2v) is 11.7. The molecule has 40 heavy (non-hydrogen) atoms. The predicted molar refractivity (Wildman–Crippen MR) is 159 cm³/mol. The van der Waals surface area contributed by atoms with Crippen molar-refractivity contribution in [2.75, 3.05) is 80.5 Å². The maximum Gasteiger partial charge on any atom is 0.253 e. The molecule has 2 aromatic carbocycles. The quantitative estimate of drug-likeness (QED) is 0.342. The van der Waals surface area contributed by atoms with Crippen LogP contribution in [0.15, 0.2) is 42.6 Å². The van der Waals surface area contributed by atoms with Gasteiger partial charge in [0.1, 0.15) is 10.8 Å². The highest BCUT2D eigenvalue weighted by molar-refractivity contribution is 7.92. The lowest BCUT2D eigenvalue weighted by molar-refractivity contribution is 0.0963. The number of carbonyl (C=O) groups excluding carboxylic acids is 1. The molecule has 0 bridgehead atoms. The van der Waals surface area contributed by atoms with Crippen molar-refractivity contribution in [2.45, 2.75) is 0 Å². The van der Waals surface area contributed by atoms with Gasteiger partial charge < -0.3 is 30.5 Å². The normalized spacial score (nSPS) is 14.0. The first-order chi connectivity index (χ1) is 19.0. The summed E-state index contributed by atoms with van der Waals surface area (Å²) >= 11 is 6.40. The first-order valence-electron chi connectivity index (χ1n) is 12.5. The van der Waals surface area contributed by atoms with Gasteiger partial charge in [0.2, 0.25) is 16.0 Å². The van der Waals surface area contributed by atoms with E-state index in [4.69, 9.17) is 16.3 Å². The van der Waals surface area contributed by atoms with E-state index in [1.165, 1.54) is 13.2 Å². The van der Waals surface area contributed by atoms with Gasteiger partial charge in [-0.15, -0.1) is 0 Å². The van der Waals surface area contributed by atoms with Crippen molar-refractivity contribution in [3.63, 3.8) is 0 Å². The van der Waals surface area contributed by atoms with Crippen molar-refractivity contribution in [2.24, 2.45) is 0 Å². The van der Waals surface area contributed by atoms with Crippen LogP contribution >= 0.6 is 11.6 Å². The lowest BCUT2D eigenvalue weighted by atomic mass is 10.1. The summed E-state index contributed by atoms with van der Waals surface area (Å²) in [5.74, 6) is 0.725. The maximum absolute atomic E-state index is 12.9. The molecule has 3 N–H and O–H groups in total. The molecule has 1 amide bonds. The molecule has 0 atom stereocenters. The molecular weight excluding hydrogens is 556 g/mol. The van der Waals surface area contributed by atoms with Crippen LogP contribution in [0.3, 0.4) is 0 Å². The van der Waals surface area contributed by atoms with Crippen molar-refractivity contribution in [1.82, 2.24) is 20.2 Å². The SMILES string of the molecule is CNC(=O)c1cc(Nc2ncc(Cl)c(Nc3ccccc3N(C)S(C)(=O)=O)n2)c(OC)cc1N1CCN(C)CC1. The van der Waals surface area contributed by atoms with Gasteiger partial charge in [0.15, 0.2) is 5.82 Å². The maximum atomic E-state index is 12.9. The van der Waals surface area contributed by atoms with E-state index < -0.39 is 10.0 Å². The zero-order valence-electron chi connectivity index (χ0n) is 23.0. The van der Waals surface area contributed by atoms with E-state index in [9.17, 15) is 13.2 Å². The minimum Gasteiger partial charge on any atom is -0.494 e. The average molecular weight is 589 g/mol. The van der Waals surface area contributed by atoms with E-state index >= 15 is 0 Å². The zero-order valence-corrected chi connectivity index (χ0v) is 24.6. The predicted octanol–water partition coefficient (Wildman–Crippen LogP) is 3.13. The van der Waals surface area contributed by atoms with Gasteiger partial charge in [0, 0.05) is 46.3 Å². The molecule has 0 aliphatic carbocycles. The number of halogens is 1. The molecule has 3 aromatic rings. The van der Waals surface area contributed by atoms with E-state index in [0.29, 0.717) is 28.4 Å². The van der Waals surface area contributed by atoms with Crippen LogP contribution < -0.4 is 29.9 Å². The van der Waals surface area contributed by atoms with Crippen molar-refractivity contribution in [3.8, 4) is 5.75 Å². The minimum absolute atomic E-state index is 0.189. The topological polar surface area (TPSA) is 132 Å². The Morgan fingerprint density at radius 3 is 2.45 bits per heavy atom. The van der Waals surface area contributed by atoms with Crippen LogP contribution in [-0.2, 0) is 10.0 Å². The van der Waals surface area contributed by atoms with Crippen LogP contribution in [0.1, 0.15) is 10.4 Å². The van der Waals surface area contributed by atoms with Gasteiger partial charge in [-0.05, 0) is 25.2 Å². The number of benzene rings is 2. The van der Waals surface area contributed by atoms with Crippen LogP contribution in [0.4, 0.5) is 34.5 Å². The van der Waals surface area contributed by atoms with Crippen LogP contribution in [0, 0.1) is 0 Å². The number of rotatable bonds is 9. The molecule has 0 spiro atoms. The van der Waals surface area contributed by atoms with Crippen LogP contribution in [0.2, 0.25) is 5.02 Å². The molecule has 0 radical (unpaired) electrons. The number of methoxy groups -OCH3 is 1. The number of para-hydroxylation sites is 2. The van der Waals surface area contributed by atoms with Crippen LogP contribution in [0.25, 0.3) is 0 Å². The molecule has 1 saturated heterocycles. The Morgan fingerprint density at radius 1 is 1.10 bits per heavy atom. The third-order valence-corrected chi connectivity index (χ3v) is 8.09. The molecular formula is C26H33ClN8O4S. The number of aromatic nitrogens is 2. The molecule has 4 rings (SSSR count). The second kappa shape index (κ2) is 12.1. The lowest BCUT2D eigenvalue weighted by Gasteiger charge is -2.35. The first-order valence-corrected chi connectivity index (χ1v) is 14.7. The Bertz CT molecular complexity index is 1500. The van der Waals surface area contributed by atoms with Crippen molar-refractivity contribution < 1.29 is 17.9 Å². The number of nitrogens with one attached hydrogen (secondary N) is 3. The molecule has 1 aliphatic rings. The van der Waals surface area contributed by atoms with Crippen LogP contribution in [-0.4, -0.2) is 89.9 Å². The largest absolute Gasteiger partial charge is 0.494 e. The fourth-order valence-corrected chi connectivity index (χ4v) is 4.91. The molecule has 14 heteroatoms. The van der Waals surface area contributed by atoms with Gasteiger partial charge in [-0.2, -0.15) is 4.98 Å². The van der Waals surface area contributed by atoms with Gasteiger partial charge in [0.05, 0.1) is 47.9 Å². The molecule has 1 aliphatic heterocycles. The van der Waals surface area contributed by atoms with Gasteiger partial charge in [0.25, 0.3) is 5.91 Å². The summed E-state index contributed by atoms with van der Waals surface area (Å²) in [5.41, 5.74) is 2.66. The molecule has 0 unspecified atom stereocenters. The summed E-state index contributed by atoms with van der Waals surface area (Å²) in [7, 11) is 3.18. The number of ether oxygens (including phenoxy) is 1. The number of likely N-dealkylation sites (N-methyl/N-ethyl adjacent to an activating group) is 1. The van der Waals surface area contributed by atoms with E-state index in [2.05, 4.69) is 42.8 Å². The summed E-state index contributed by atoms with van der Waals surface area (Å²) in [4.78, 5) is 26.1. The van der Waals surface area contributed by atoms with Gasteiger partial charge >= 0.3 is 0 Å². The highest BCUT2D eigenvalue weighted by Crippen LogP contribution is 2.36. The molecule has 2 heterocycles. The Balaban J connectivity index is 1.68. The molecule has 1 aromatic heterocycles. The monoisotopic (exact) mass is 588 g/mol. The third-order valence-electron chi connectivity index (χ3n) is 6.62. The first kappa shape index (κ1) is 29.2. The number of hydrogen-bond donors (Lipinski definition) is 3. The number of hydrogen-bond acceptors (Lipinski definition) is 10. The molecule has 0 saturated carbocycles. The smallest absolute Gasteiger partial charge is 0.253 e. The summed E-state index contributed by atoms with van der Waals surface area (Å²) in [6.45, 7) is 3.32. The standard InChI is InChI=1S/C26H33ClN8O4S/c1-28-25(36)17-14-20(23(39-4)15-22(17)35-12-10-33(2)11-13-35)31-26-29-16-18(27)24(32-26)30-19-8-6-7-9-21(19)34(3)40(5,37)38/h6-9,14-16H,10-13H2,1-5H3,(H,28,36)(H2,29,30,31,32). The summed E-state index contributed by atoms with van der Waals surface area (Å²) < 4.78 is 31.1.